The second kappa shape index (κ2) is 4.67. The molecule has 0 saturated heterocycles. The number of ketones is 1. The summed E-state index contributed by atoms with van der Waals surface area (Å²) in [7, 11) is 0. The number of nitrogens with zero attached hydrogens (tertiary/aromatic N) is 2. The van der Waals surface area contributed by atoms with Crippen molar-refractivity contribution in [1.29, 1.82) is 10.5 Å². The van der Waals surface area contributed by atoms with Gasteiger partial charge in [0, 0.05) is 30.1 Å². The Balaban J connectivity index is 2.24. The van der Waals surface area contributed by atoms with E-state index in [1.54, 1.807) is 18.2 Å². The number of fused-ring (bicyclic) bond motifs is 1. The molecule has 0 radical (unpaired) electrons. The minimum atomic E-state index is 0.0302. The van der Waals surface area contributed by atoms with Crippen LogP contribution in [-0.4, -0.2) is 11.8 Å². The van der Waals surface area contributed by atoms with Gasteiger partial charge in [0.05, 0.1) is 17.7 Å². The molecule has 2 rings (SSSR count). The maximum atomic E-state index is 11.9. The minimum absolute atomic E-state index is 0.0302. The first kappa shape index (κ1) is 11.2. The molecule has 4 nitrogen and oxygen atoms in total. The van der Waals surface area contributed by atoms with E-state index in [0.29, 0.717) is 30.4 Å². The Hall–Kier alpha value is -2.33. The number of anilines is 1. The summed E-state index contributed by atoms with van der Waals surface area (Å²) in [6.07, 6.45) is 1.50. The van der Waals surface area contributed by atoms with Crippen LogP contribution in [0.15, 0.2) is 18.2 Å². The molecule has 0 amide bonds. The number of nitrogens with one attached hydrogen (secondary N) is 1. The summed E-state index contributed by atoms with van der Waals surface area (Å²) < 4.78 is 0. The Bertz CT molecular complexity index is 537. The number of carbonyl (C=O) groups is 1. The van der Waals surface area contributed by atoms with Crippen molar-refractivity contribution in [3.05, 3.63) is 29.3 Å². The van der Waals surface area contributed by atoms with E-state index >= 15 is 0 Å². The largest absolute Gasteiger partial charge is 0.381 e. The van der Waals surface area contributed by atoms with Crippen molar-refractivity contribution >= 4 is 11.5 Å². The summed E-state index contributed by atoms with van der Waals surface area (Å²) in [6, 6.07) is 9.18. The van der Waals surface area contributed by atoms with Gasteiger partial charge < -0.3 is 5.32 Å². The number of hydrogen-bond acceptors (Lipinski definition) is 4. The molecule has 1 aromatic rings. The fourth-order valence-corrected chi connectivity index (χ4v) is 1.99. The molecule has 0 spiro atoms. The number of rotatable bonds is 2. The van der Waals surface area contributed by atoms with Gasteiger partial charge in [0.25, 0.3) is 0 Å². The third-order valence-electron chi connectivity index (χ3n) is 2.85. The van der Waals surface area contributed by atoms with Gasteiger partial charge >= 0.3 is 0 Å². The van der Waals surface area contributed by atoms with E-state index in [0.717, 1.165) is 5.69 Å². The van der Waals surface area contributed by atoms with Gasteiger partial charge in [0.2, 0.25) is 0 Å². The van der Waals surface area contributed by atoms with Crippen molar-refractivity contribution in [3.63, 3.8) is 0 Å². The molecular formula is C13H11N3O. The predicted molar refractivity (Wildman–Crippen MR) is 62.4 cm³/mol. The minimum Gasteiger partial charge on any atom is -0.381 e. The molecule has 0 aromatic heterocycles. The van der Waals surface area contributed by atoms with Crippen molar-refractivity contribution < 1.29 is 4.79 Å². The molecule has 0 saturated carbocycles. The summed E-state index contributed by atoms with van der Waals surface area (Å²) in [5, 5.41) is 20.5. The zero-order valence-electron chi connectivity index (χ0n) is 9.23. The van der Waals surface area contributed by atoms with Crippen molar-refractivity contribution in [2.45, 2.75) is 25.3 Å². The molecule has 17 heavy (non-hydrogen) atoms. The van der Waals surface area contributed by atoms with Crippen LogP contribution < -0.4 is 5.32 Å². The second-order valence-electron chi connectivity index (χ2n) is 4.04. The molecule has 1 unspecified atom stereocenters. The van der Waals surface area contributed by atoms with Crippen LogP contribution in [0.1, 0.15) is 35.2 Å². The first-order chi connectivity index (χ1) is 8.24. The van der Waals surface area contributed by atoms with Gasteiger partial charge in [0.1, 0.15) is 0 Å². The van der Waals surface area contributed by atoms with Crippen LogP contribution in [0.25, 0.3) is 0 Å². The van der Waals surface area contributed by atoms with Crippen LogP contribution >= 0.6 is 0 Å². The third-order valence-corrected chi connectivity index (χ3v) is 2.85. The Morgan fingerprint density at radius 3 is 2.94 bits per heavy atom. The lowest BCUT2D eigenvalue weighted by molar-refractivity contribution is 0.0971. The van der Waals surface area contributed by atoms with Crippen molar-refractivity contribution in [2.24, 2.45) is 0 Å². The van der Waals surface area contributed by atoms with Crippen molar-refractivity contribution in [2.75, 3.05) is 5.32 Å². The first-order valence-electron chi connectivity index (χ1n) is 5.45. The molecule has 1 aromatic carbocycles. The normalized spacial score (nSPS) is 17.5. The van der Waals surface area contributed by atoms with Crippen LogP contribution in [0.5, 0.6) is 0 Å². The summed E-state index contributed by atoms with van der Waals surface area (Å²) >= 11 is 0. The predicted octanol–water partition coefficient (Wildman–Crippen LogP) is 2.23. The smallest absolute Gasteiger partial charge is 0.167 e. The number of Topliss-reactive ketones (excluding diaryl/α,β-unsaturated/α-hetero) is 1. The highest BCUT2D eigenvalue weighted by molar-refractivity contribution is 6.03. The van der Waals surface area contributed by atoms with Crippen molar-refractivity contribution in [3.8, 4) is 12.1 Å². The van der Waals surface area contributed by atoms with Crippen LogP contribution in [0.3, 0.4) is 0 Å². The van der Waals surface area contributed by atoms with E-state index in [4.69, 9.17) is 10.5 Å². The number of carbonyl (C=O) groups excluding carboxylic acids is 1. The van der Waals surface area contributed by atoms with E-state index < -0.39 is 0 Å². The maximum Gasteiger partial charge on any atom is 0.167 e. The Kier molecular flexibility index (Phi) is 3.07. The zero-order valence-corrected chi connectivity index (χ0v) is 9.23. The first-order valence-corrected chi connectivity index (χ1v) is 5.45. The Morgan fingerprint density at radius 1 is 1.41 bits per heavy atom. The van der Waals surface area contributed by atoms with Gasteiger partial charge in [0.15, 0.2) is 5.78 Å². The Labute approximate surface area is 99.5 Å². The lowest BCUT2D eigenvalue weighted by Crippen LogP contribution is -2.29. The van der Waals surface area contributed by atoms with Crippen LogP contribution in [0.4, 0.5) is 5.69 Å². The summed E-state index contributed by atoms with van der Waals surface area (Å²) in [6.45, 7) is 0. The molecule has 1 atom stereocenters. The molecule has 84 valence electrons. The molecular weight excluding hydrogens is 214 g/mol. The van der Waals surface area contributed by atoms with E-state index in [1.807, 2.05) is 6.07 Å². The highest BCUT2D eigenvalue weighted by Crippen LogP contribution is 2.27. The SMILES string of the molecule is N#CCCC1CC(=O)c2cc(C#N)ccc2N1. The number of hydrogen-bond donors (Lipinski definition) is 1. The molecule has 1 heterocycles. The molecule has 1 aliphatic heterocycles. The summed E-state index contributed by atoms with van der Waals surface area (Å²) in [5.74, 6) is 0.0405. The highest BCUT2D eigenvalue weighted by atomic mass is 16.1. The van der Waals surface area contributed by atoms with Crippen LogP contribution in [-0.2, 0) is 0 Å². The molecule has 0 bridgehead atoms. The maximum absolute atomic E-state index is 11.9. The van der Waals surface area contributed by atoms with E-state index in [2.05, 4.69) is 11.4 Å². The van der Waals surface area contributed by atoms with Gasteiger partial charge in [-0.3, -0.25) is 4.79 Å². The average Bonchev–Trinajstić information content (AvgIpc) is 2.36. The molecule has 0 fully saturated rings. The zero-order chi connectivity index (χ0) is 12.3. The van der Waals surface area contributed by atoms with Crippen molar-refractivity contribution in [1.82, 2.24) is 0 Å². The lowest BCUT2D eigenvalue weighted by Gasteiger charge is -2.25. The van der Waals surface area contributed by atoms with Crippen LogP contribution in [0, 0.1) is 22.7 Å². The summed E-state index contributed by atoms with van der Waals surface area (Å²) in [4.78, 5) is 11.9. The standard InChI is InChI=1S/C13H11N3O/c14-5-1-2-10-7-13(17)11-6-9(8-15)3-4-12(11)16-10/h3-4,6,10,16H,1-2,7H2. The average molecular weight is 225 g/mol. The quantitative estimate of drug-likeness (QED) is 0.837. The van der Waals surface area contributed by atoms with E-state index in [-0.39, 0.29) is 11.8 Å². The number of benzene rings is 1. The lowest BCUT2D eigenvalue weighted by atomic mass is 9.93. The highest BCUT2D eigenvalue weighted by Gasteiger charge is 2.24. The van der Waals surface area contributed by atoms with Gasteiger partial charge in [-0.25, -0.2) is 0 Å². The van der Waals surface area contributed by atoms with Crippen LogP contribution in [0.2, 0.25) is 0 Å². The molecule has 1 aliphatic rings. The van der Waals surface area contributed by atoms with E-state index in [9.17, 15) is 4.79 Å². The van der Waals surface area contributed by atoms with Gasteiger partial charge in [-0.05, 0) is 24.6 Å². The third kappa shape index (κ3) is 2.26. The van der Waals surface area contributed by atoms with Gasteiger partial charge in [-0.15, -0.1) is 0 Å². The van der Waals surface area contributed by atoms with Gasteiger partial charge in [-0.2, -0.15) is 10.5 Å². The molecule has 1 N–H and O–H groups in total. The topological polar surface area (TPSA) is 76.7 Å². The Morgan fingerprint density at radius 2 is 2.24 bits per heavy atom. The summed E-state index contributed by atoms with van der Waals surface area (Å²) in [5.41, 5.74) is 1.84. The monoisotopic (exact) mass is 225 g/mol. The molecule has 4 heteroatoms. The van der Waals surface area contributed by atoms with E-state index in [1.165, 1.54) is 0 Å². The second-order valence-corrected chi connectivity index (χ2v) is 4.04. The molecule has 0 aliphatic carbocycles. The number of nitriles is 2. The fourth-order valence-electron chi connectivity index (χ4n) is 1.99. The van der Waals surface area contributed by atoms with Gasteiger partial charge in [-0.1, -0.05) is 0 Å². The fraction of sp³-hybridized carbons (Fsp3) is 0.308.